The smallest absolute Gasteiger partial charge is 0.310 e. The normalized spacial score (nSPS) is 19.1. The fourth-order valence-electron chi connectivity index (χ4n) is 1.80. The number of rotatable bonds is 6. The molecule has 1 rings (SSSR count). The van der Waals surface area contributed by atoms with Crippen molar-refractivity contribution in [1.82, 2.24) is 0 Å². The Kier molecular flexibility index (Phi) is 5.69. The minimum absolute atomic E-state index is 0.0138. The van der Waals surface area contributed by atoms with Crippen LogP contribution in [0.4, 0.5) is 0 Å². The van der Waals surface area contributed by atoms with Gasteiger partial charge in [0.05, 0.1) is 12.5 Å². The Labute approximate surface area is 92.1 Å². The molecule has 0 aromatic rings. The number of esters is 1. The Morgan fingerprint density at radius 3 is 2.67 bits per heavy atom. The molecule has 1 aliphatic carbocycles. The summed E-state index contributed by atoms with van der Waals surface area (Å²) < 4.78 is 10.3. The summed E-state index contributed by atoms with van der Waals surface area (Å²) in [5.74, 6) is 0.524. The Balaban J connectivity index is 1.98. The van der Waals surface area contributed by atoms with Crippen LogP contribution >= 0.6 is 0 Å². The molecule has 0 aliphatic heterocycles. The van der Waals surface area contributed by atoms with Gasteiger partial charge in [0, 0.05) is 0 Å². The lowest BCUT2D eigenvalue weighted by atomic mass is 10.1. The zero-order valence-electron chi connectivity index (χ0n) is 9.83. The van der Waals surface area contributed by atoms with E-state index in [9.17, 15) is 4.79 Å². The lowest BCUT2D eigenvalue weighted by Crippen LogP contribution is -2.17. The molecule has 1 fully saturated rings. The van der Waals surface area contributed by atoms with Crippen molar-refractivity contribution in [2.24, 2.45) is 11.8 Å². The third kappa shape index (κ3) is 4.65. The summed E-state index contributed by atoms with van der Waals surface area (Å²) in [5.41, 5.74) is 0. The highest BCUT2D eigenvalue weighted by molar-refractivity contribution is 5.71. The molecule has 3 heteroatoms. The Morgan fingerprint density at radius 1 is 1.40 bits per heavy atom. The molecule has 0 radical (unpaired) electrons. The first kappa shape index (κ1) is 12.5. The fourth-order valence-corrected chi connectivity index (χ4v) is 1.80. The Hall–Kier alpha value is -0.570. The van der Waals surface area contributed by atoms with Crippen molar-refractivity contribution in [2.75, 3.05) is 13.4 Å². The standard InChI is InChI=1S/C12H22O3/c1-3-10(2)12(13)15-9-14-8-11-6-4-5-7-11/h10-11H,3-9H2,1-2H3. The Bertz CT molecular complexity index is 185. The average Bonchev–Trinajstić information content (AvgIpc) is 2.75. The number of ether oxygens (including phenoxy) is 2. The minimum Gasteiger partial charge on any atom is -0.438 e. The lowest BCUT2D eigenvalue weighted by Gasteiger charge is -2.12. The summed E-state index contributed by atoms with van der Waals surface area (Å²) >= 11 is 0. The molecule has 1 aliphatic rings. The van der Waals surface area contributed by atoms with Gasteiger partial charge in [-0.1, -0.05) is 26.7 Å². The van der Waals surface area contributed by atoms with Crippen LogP contribution in [0.25, 0.3) is 0 Å². The van der Waals surface area contributed by atoms with Crippen molar-refractivity contribution in [3.8, 4) is 0 Å². The van der Waals surface area contributed by atoms with Gasteiger partial charge in [-0.15, -0.1) is 0 Å². The highest BCUT2D eigenvalue weighted by atomic mass is 16.7. The quantitative estimate of drug-likeness (QED) is 0.387. The van der Waals surface area contributed by atoms with Crippen LogP contribution in [0.2, 0.25) is 0 Å². The molecular formula is C12H22O3. The van der Waals surface area contributed by atoms with Crippen LogP contribution in [-0.2, 0) is 14.3 Å². The van der Waals surface area contributed by atoms with Crippen LogP contribution in [0, 0.1) is 11.8 Å². The van der Waals surface area contributed by atoms with E-state index in [2.05, 4.69) is 0 Å². The van der Waals surface area contributed by atoms with Crippen LogP contribution < -0.4 is 0 Å². The molecule has 0 saturated heterocycles. The average molecular weight is 214 g/mol. The number of hydrogen-bond acceptors (Lipinski definition) is 3. The summed E-state index contributed by atoms with van der Waals surface area (Å²) in [6.45, 7) is 4.72. The van der Waals surface area contributed by atoms with Crippen molar-refractivity contribution in [3.63, 3.8) is 0 Å². The SMILES string of the molecule is CCC(C)C(=O)OCOCC1CCCC1. The van der Waals surface area contributed by atoms with E-state index in [-0.39, 0.29) is 18.7 Å². The predicted octanol–water partition coefficient (Wildman–Crippen LogP) is 2.74. The minimum atomic E-state index is -0.149. The molecule has 0 spiro atoms. The predicted molar refractivity (Wildman–Crippen MR) is 58.3 cm³/mol. The molecule has 0 aromatic carbocycles. The van der Waals surface area contributed by atoms with Gasteiger partial charge in [-0.05, 0) is 25.2 Å². The highest BCUT2D eigenvalue weighted by Gasteiger charge is 2.15. The highest BCUT2D eigenvalue weighted by Crippen LogP contribution is 2.24. The summed E-state index contributed by atoms with van der Waals surface area (Å²) in [5, 5.41) is 0. The molecule has 15 heavy (non-hydrogen) atoms. The third-order valence-corrected chi connectivity index (χ3v) is 3.13. The summed E-state index contributed by atoms with van der Waals surface area (Å²) in [6, 6.07) is 0. The van der Waals surface area contributed by atoms with Crippen molar-refractivity contribution >= 4 is 5.97 Å². The van der Waals surface area contributed by atoms with E-state index in [1.54, 1.807) is 0 Å². The summed E-state index contributed by atoms with van der Waals surface area (Å²) in [7, 11) is 0. The molecular weight excluding hydrogens is 192 g/mol. The van der Waals surface area contributed by atoms with Crippen LogP contribution in [0.5, 0.6) is 0 Å². The topological polar surface area (TPSA) is 35.5 Å². The van der Waals surface area contributed by atoms with E-state index in [0.717, 1.165) is 13.0 Å². The molecule has 1 saturated carbocycles. The second-order valence-electron chi connectivity index (χ2n) is 4.41. The summed E-state index contributed by atoms with van der Waals surface area (Å²) in [6.07, 6.45) is 5.99. The van der Waals surface area contributed by atoms with Crippen molar-refractivity contribution in [1.29, 1.82) is 0 Å². The second kappa shape index (κ2) is 6.83. The molecule has 0 amide bonds. The molecule has 0 bridgehead atoms. The fraction of sp³-hybridized carbons (Fsp3) is 0.917. The zero-order valence-corrected chi connectivity index (χ0v) is 9.83. The van der Waals surface area contributed by atoms with Gasteiger partial charge in [0.1, 0.15) is 0 Å². The van der Waals surface area contributed by atoms with Gasteiger partial charge in [-0.2, -0.15) is 0 Å². The first-order valence-electron chi connectivity index (χ1n) is 5.98. The molecule has 1 unspecified atom stereocenters. The first-order valence-corrected chi connectivity index (χ1v) is 5.98. The van der Waals surface area contributed by atoms with E-state index < -0.39 is 0 Å². The van der Waals surface area contributed by atoms with E-state index >= 15 is 0 Å². The Morgan fingerprint density at radius 2 is 2.07 bits per heavy atom. The lowest BCUT2D eigenvalue weighted by molar-refractivity contribution is -0.161. The maximum Gasteiger partial charge on any atom is 0.310 e. The summed E-state index contributed by atoms with van der Waals surface area (Å²) in [4.78, 5) is 11.3. The van der Waals surface area contributed by atoms with Crippen molar-refractivity contribution in [3.05, 3.63) is 0 Å². The molecule has 88 valence electrons. The zero-order chi connectivity index (χ0) is 11.1. The van der Waals surface area contributed by atoms with Crippen LogP contribution in [0.1, 0.15) is 46.0 Å². The van der Waals surface area contributed by atoms with Gasteiger partial charge < -0.3 is 9.47 Å². The molecule has 0 N–H and O–H groups in total. The van der Waals surface area contributed by atoms with E-state index in [0.29, 0.717) is 5.92 Å². The van der Waals surface area contributed by atoms with E-state index in [1.165, 1.54) is 25.7 Å². The van der Waals surface area contributed by atoms with E-state index in [1.807, 2.05) is 13.8 Å². The van der Waals surface area contributed by atoms with Crippen LogP contribution in [0.15, 0.2) is 0 Å². The number of carbonyl (C=O) groups is 1. The van der Waals surface area contributed by atoms with Crippen molar-refractivity contribution in [2.45, 2.75) is 46.0 Å². The van der Waals surface area contributed by atoms with Gasteiger partial charge in [0.25, 0.3) is 0 Å². The number of carbonyl (C=O) groups excluding carboxylic acids is 1. The van der Waals surface area contributed by atoms with Crippen molar-refractivity contribution < 1.29 is 14.3 Å². The van der Waals surface area contributed by atoms with Gasteiger partial charge in [-0.25, -0.2) is 0 Å². The molecule has 1 atom stereocenters. The first-order chi connectivity index (χ1) is 7.24. The maximum absolute atomic E-state index is 11.3. The molecule has 0 aromatic heterocycles. The maximum atomic E-state index is 11.3. The monoisotopic (exact) mass is 214 g/mol. The van der Waals surface area contributed by atoms with Gasteiger partial charge in [0.15, 0.2) is 6.79 Å². The molecule has 0 heterocycles. The largest absolute Gasteiger partial charge is 0.438 e. The number of hydrogen-bond donors (Lipinski definition) is 0. The van der Waals surface area contributed by atoms with Gasteiger partial charge in [0.2, 0.25) is 0 Å². The van der Waals surface area contributed by atoms with Crippen LogP contribution in [-0.4, -0.2) is 19.4 Å². The van der Waals surface area contributed by atoms with Crippen LogP contribution in [0.3, 0.4) is 0 Å². The second-order valence-corrected chi connectivity index (χ2v) is 4.41. The van der Waals surface area contributed by atoms with E-state index in [4.69, 9.17) is 9.47 Å². The van der Waals surface area contributed by atoms with Gasteiger partial charge >= 0.3 is 5.97 Å². The third-order valence-electron chi connectivity index (χ3n) is 3.13. The molecule has 3 nitrogen and oxygen atoms in total. The van der Waals surface area contributed by atoms with Gasteiger partial charge in [-0.3, -0.25) is 4.79 Å².